The Bertz CT molecular complexity index is 619. The van der Waals surface area contributed by atoms with Gasteiger partial charge in [-0.1, -0.05) is 6.92 Å². The minimum atomic E-state index is -0.626. The maximum absolute atomic E-state index is 13.2. The molecule has 1 aromatic carbocycles. The number of nitrogens with two attached hydrogens (primary N) is 1. The van der Waals surface area contributed by atoms with E-state index in [4.69, 9.17) is 10.5 Å². The van der Waals surface area contributed by atoms with Crippen molar-refractivity contribution < 1.29 is 13.9 Å². The van der Waals surface area contributed by atoms with Gasteiger partial charge >= 0.3 is 5.97 Å². The minimum Gasteiger partial charge on any atom is -0.456 e. The van der Waals surface area contributed by atoms with Gasteiger partial charge in [-0.15, -0.1) is 0 Å². The van der Waals surface area contributed by atoms with Crippen molar-refractivity contribution in [3.63, 3.8) is 0 Å². The highest BCUT2D eigenvalue weighted by Gasteiger charge is 2.11. The molecule has 5 nitrogen and oxygen atoms in total. The zero-order valence-electron chi connectivity index (χ0n) is 12.0. The van der Waals surface area contributed by atoms with Crippen LogP contribution in [0.5, 0.6) is 0 Å². The fourth-order valence-corrected chi connectivity index (χ4v) is 1.84. The number of aromatic nitrogens is 2. The third-order valence-electron chi connectivity index (χ3n) is 3.21. The number of nitrogen functional groups attached to an aromatic ring is 1. The van der Waals surface area contributed by atoms with E-state index in [9.17, 15) is 9.18 Å². The number of halogens is 1. The lowest BCUT2D eigenvalue weighted by molar-refractivity contribution is 0.0466. The maximum Gasteiger partial charge on any atom is 0.338 e. The molecule has 0 saturated carbocycles. The van der Waals surface area contributed by atoms with Gasteiger partial charge in [0.2, 0.25) is 0 Å². The highest BCUT2D eigenvalue weighted by molar-refractivity contribution is 5.90. The summed E-state index contributed by atoms with van der Waals surface area (Å²) in [5.41, 5.74) is 6.41. The number of benzene rings is 1. The number of esters is 1. The van der Waals surface area contributed by atoms with Crippen LogP contribution in [0.1, 0.15) is 42.4 Å². The summed E-state index contributed by atoms with van der Waals surface area (Å²) < 4.78 is 20.1. The van der Waals surface area contributed by atoms with Crippen LogP contribution in [0.4, 0.5) is 10.1 Å². The van der Waals surface area contributed by atoms with Crippen molar-refractivity contribution in [2.45, 2.75) is 32.9 Å². The minimum absolute atomic E-state index is 0.0404. The van der Waals surface area contributed by atoms with Gasteiger partial charge < -0.3 is 10.5 Å². The van der Waals surface area contributed by atoms with E-state index < -0.39 is 11.8 Å². The fraction of sp³-hybridized carbons (Fsp3) is 0.333. The number of hydrogen-bond donors (Lipinski definition) is 1. The highest BCUT2D eigenvalue weighted by Crippen LogP contribution is 2.13. The molecule has 0 aliphatic rings. The molecular weight excluding hydrogens is 273 g/mol. The number of rotatable bonds is 5. The summed E-state index contributed by atoms with van der Waals surface area (Å²) in [7, 11) is 0. The molecule has 0 amide bonds. The summed E-state index contributed by atoms with van der Waals surface area (Å²) in [6.45, 7) is 4.16. The molecule has 0 fully saturated rings. The van der Waals surface area contributed by atoms with Crippen molar-refractivity contribution in [1.82, 2.24) is 9.78 Å². The van der Waals surface area contributed by atoms with E-state index in [1.807, 2.05) is 10.9 Å². The van der Waals surface area contributed by atoms with Crippen LogP contribution in [-0.4, -0.2) is 15.7 Å². The molecule has 2 rings (SSSR count). The largest absolute Gasteiger partial charge is 0.456 e. The Kier molecular flexibility index (Phi) is 4.57. The molecular formula is C15H18FN3O2. The van der Waals surface area contributed by atoms with Crippen LogP contribution in [0.15, 0.2) is 30.5 Å². The molecule has 2 N–H and O–H groups in total. The third kappa shape index (κ3) is 3.81. The second-order valence-electron chi connectivity index (χ2n) is 4.89. The predicted molar refractivity (Wildman–Crippen MR) is 77.2 cm³/mol. The summed E-state index contributed by atoms with van der Waals surface area (Å²) in [5.74, 6) is -1.19. The van der Waals surface area contributed by atoms with Gasteiger partial charge in [-0.05, 0) is 37.6 Å². The lowest BCUT2D eigenvalue weighted by Crippen LogP contribution is -2.08. The van der Waals surface area contributed by atoms with Crippen molar-refractivity contribution in [3.05, 3.63) is 47.5 Å². The number of nitrogens with zero attached hydrogens (tertiary/aromatic N) is 2. The molecule has 6 heteroatoms. The molecule has 0 aliphatic carbocycles. The quantitative estimate of drug-likeness (QED) is 0.679. The lowest BCUT2D eigenvalue weighted by Gasteiger charge is -2.08. The monoisotopic (exact) mass is 291 g/mol. The molecule has 2 aromatic rings. The van der Waals surface area contributed by atoms with Crippen molar-refractivity contribution in [3.8, 4) is 0 Å². The number of anilines is 1. The van der Waals surface area contributed by atoms with E-state index in [2.05, 4.69) is 18.9 Å². The molecule has 0 aliphatic heterocycles. The Morgan fingerprint density at radius 1 is 1.48 bits per heavy atom. The lowest BCUT2D eigenvalue weighted by atomic mass is 10.2. The van der Waals surface area contributed by atoms with Gasteiger partial charge in [0.15, 0.2) is 0 Å². The molecule has 1 unspecified atom stereocenters. The first-order valence-electron chi connectivity index (χ1n) is 6.76. The smallest absolute Gasteiger partial charge is 0.338 e. The molecule has 1 aromatic heterocycles. The summed E-state index contributed by atoms with van der Waals surface area (Å²) in [5, 5.41) is 4.32. The molecule has 21 heavy (non-hydrogen) atoms. The van der Waals surface area contributed by atoms with E-state index in [-0.39, 0.29) is 23.9 Å². The van der Waals surface area contributed by atoms with Crippen LogP contribution >= 0.6 is 0 Å². The van der Waals surface area contributed by atoms with Crippen LogP contribution in [-0.2, 0) is 11.3 Å². The SMILES string of the molecule is CCC(C)n1ccc(COC(=O)c2cc(N)cc(F)c2)n1. The Hall–Kier alpha value is -2.37. The van der Waals surface area contributed by atoms with E-state index in [1.54, 1.807) is 6.07 Å². The third-order valence-corrected chi connectivity index (χ3v) is 3.21. The molecule has 1 heterocycles. The normalized spacial score (nSPS) is 12.1. The van der Waals surface area contributed by atoms with Crippen LogP contribution in [0.3, 0.4) is 0 Å². The molecule has 112 valence electrons. The van der Waals surface area contributed by atoms with Gasteiger partial charge in [-0.2, -0.15) is 5.10 Å². The summed E-state index contributed by atoms with van der Waals surface area (Å²) in [6, 6.07) is 5.70. The van der Waals surface area contributed by atoms with E-state index in [1.165, 1.54) is 6.07 Å². The first-order valence-corrected chi connectivity index (χ1v) is 6.76. The fourth-order valence-electron chi connectivity index (χ4n) is 1.84. The average molecular weight is 291 g/mol. The second-order valence-corrected chi connectivity index (χ2v) is 4.89. The van der Waals surface area contributed by atoms with Gasteiger partial charge in [-0.25, -0.2) is 9.18 Å². The Balaban J connectivity index is 1.99. The van der Waals surface area contributed by atoms with E-state index >= 15 is 0 Å². The number of carbonyl (C=O) groups is 1. The van der Waals surface area contributed by atoms with Crippen LogP contribution in [0, 0.1) is 5.82 Å². The van der Waals surface area contributed by atoms with Crippen LogP contribution < -0.4 is 5.73 Å². The summed E-state index contributed by atoms with van der Waals surface area (Å²) >= 11 is 0. The Labute approximate surface area is 122 Å². The van der Waals surface area contributed by atoms with Gasteiger partial charge in [0.05, 0.1) is 11.3 Å². The topological polar surface area (TPSA) is 70.1 Å². The number of hydrogen-bond acceptors (Lipinski definition) is 4. The second kappa shape index (κ2) is 6.39. The van der Waals surface area contributed by atoms with Gasteiger partial charge in [0.1, 0.15) is 12.4 Å². The first-order chi connectivity index (χ1) is 9.99. The standard InChI is InChI=1S/C15H18FN3O2/c1-3-10(2)19-5-4-14(18-19)9-21-15(20)11-6-12(16)8-13(17)7-11/h4-8,10H,3,9,17H2,1-2H3. The van der Waals surface area contributed by atoms with Gasteiger partial charge in [0, 0.05) is 17.9 Å². The summed E-state index contributed by atoms with van der Waals surface area (Å²) in [4.78, 5) is 11.8. The average Bonchev–Trinajstić information content (AvgIpc) is 2.91. The Morgan fingerprint density at radius 3 is 2.90 bits per heavy atom. The zero-order valence-corrected chi connectivity index (χ0v) is 12.0. The van der Waals surface area contributed by atoms with E-state index in [0.717, 1.165) is 18.6 Å². The van der Waals surface area contributed by atoms with Crippen molar-refractivity contribution in [1.29, 1.82) is 0 Å². The van der Waals surface area contributed by atoms with Crippen molar-refractivity contribution >= 4 is 11.7 Å². The van der Waals surface area contributed by atoms with Gasteiger partial charge in [-0.3, -0.25) is 4.68 Å². The maximum atomic E-state index is 13.2. The van der Waals surface area contributed by atoms with Crippen LogP contribution in [0.25, 0.3) is 0 Å². The first kappa shape index (κ1) is 15.0. The van der Waals surface area contributed by atoms with Crippen molar-refractivity contribution in [2.24, 2.45) is 0 Å². The van der Waals surface area contributed by atoms with Crippen molar-refractivity contribution in [2.75, 3.05) is 5.73 Å². The molecule has 0 saturated heterocycles. The van der Waals surface area contributed by atoms with E-state index in [0.29, 0.717) is 5.69 Å². The number of ether oxygens (including phenoxy) is 1. The molecule has 1 atom stereocenters. The summed E-state index contributed by atoms with van der Waals surface area (Å²) in [6.07, 6.45) is 2.81. The predicted octanol–water partition coefficient (Wildman–Crippen LogP) is 2.93. The Morgan fingerprint density at radius 2 is 2.24 bits per heavy atom. The highest BCUT2D eigenvalue weighted by atomic mass is 19.1. The molecule has 0 spiro atoms. The zero-order chi connectivity index (χ0) is 15.4. The van der Waals surface area contributed by atoms with Crippen LogP contribution in [0.2, 0.25) is 0 Å². The molecule has 0 radical (unpaired) electrons. The number of carbonyl (C=O) groups excluding carboxylic acids is 1. The van der Waals surface area contributed by atoms with Gasteiger partial charge in [0.25, 0.3) is 0 Å². The molecule has 0 bridgehead atoms.